The van der Waals surface area contributed by atoms with Crippen LogP contribution in [0.3, 0.4) is 0 Å². The molecule has 4 heterocycles. The highest BCUT2D eigenvalue weighted by molar-refractivity contribution is 5.96. The Morgan fingerprint density at radius 1 is 1.11 bits per heavy atom. The van der Waals surface area contributed by atoms with Crippen molar-refractivity contribution in [2.45, 2.75) is 40.2 Å². The molecule has 1 amide bonds. The highest BCUT2D eigenvalue weighted by Crippen LogP contribution is 2.25. The minimum absolute atomic E-state index is 0.113. The third kappa shape index (κ3) is 4.52. The van der Waals surface area contributed by atoms with Gasteiger partial charge in [-0.25, -0.2) is 4.98 Å². The van der Waals surface area contributed by atoms with E-state index in [-0.39, 0.29) is 11.8 Å². The molecule has 5 rings (SSSR count). The maximum absolute atomic E-state index is 13.3. The van der Waals surface area contributed by atoms with E-state index in [1.165, 1.54) is 0 Å². The molecule has 0 saturated carbocycles. The normalized spacial score (nSPS) is 11.3. The molecule has 35 heavy (non-hydrogen) atoms. The summed E-state index contributed by atoms with van der Waals surface area (Å²) >= 11 is 0. The molecular formula is C26H26N8O. The Kier molecular flexibility index (Phi) is 5.82. The van der Waals surface area contributed by atoms with Gasteiger partial charge in [0, 0.05) is 35.6 Å². The lowest BCUT2D eigenvalue weighted by molar-refractivity contribution is 0.0950. The fraction of sp³-hybridized carbons (Fsp3) is 0.231. The van der Waals surface area contributed by atoms with E-state index in [0.717, 1.165) is 33.7 Å². The molecular weight excluding hydrogens is 440 g/mol. The number of aryl methyl sites for hydroxylation is 2. The third-order valence-electron chi connectivity index (χ3n) is 5.80. The number of rotatable bonds is 6. The van der Waals surface area contributed by atoms with E-state index in [2.05, 4.69) is 30.8 Å². The Morgan fingerprint density at radius 3 is 2.71 bits per heavy atom. The van der Waals surface area contributed by atoms with Crippen molar-refractivity contribution in [1.29, 1.82) is 0 Å². The van der Waals surface area contributed by atoms with E-state index >= 15 is 0 Å². The van der Waals surface area contributed by atoms with Gasteiger partial charge in [-0.2, -0.15) is 4.68 Å². The maximum atomic E-state index is 13.3. The van der Waals surface area contributed by atoms with Crippen LogP contribution in [0.2, 0.25) is 0 Å². The molecule has 4 aromatic heterocycles. The molecule has 9 nitrogen and oxygen atoms in total. The lowest BCUT2D eigenvalue weighted by Crippen LogP contribution is -2.23. The fourth-order valence-corrected chi connectivity index (χ4v) is 3.95. The number of hydrogen-bond donors (Lipinski definition) is 1. The van der Waals surface area contributed by atoms with Gasteiger partial charge in [-0.1, -0.05) is 26.0 Å². The van der Waals surface area contributed by atoms with E-state index in [4.69, 9.17) is 0 Å². The van der Waals surface area contributed by atoms with Gasteiger partial charge < -0.3 is 9.72 Å². The Hall–Kier alpha value is -4.40. The standard InChI is InChI=1S/C26H26N8O/c1-16(2)24-30-31-32-34(24)22-11-19(23-8-7-17(3)13-27-23)10-20(12-22)26(35)28-14-21-15-33-9-5-6-18(4)25(33)29-21/h5-13,15-16H,14H2,1-4H3,(H,28,35). The van der Waals surface area contributed by atoms with Crippen molar-refractivity contribution < 1.29 is 4.79 Å². The van der Waals surface area contributed by atoms with Gasteiger partial charge in [-0.3, -0.25) is 9.78 Å². The van der Waals surface area contributed by atoms with Crippen LogP contribution in [0.5, 0.6) is 0 Å². The molecule has 5 aromatic rings. The van der Waals surface area contributed by atoms with Gasteiger partial charge in [-0.15, -0.1) is 5.10 Å². The quantitative estimate of drug-likeness (QED) is 0.405. The van der Waals surface area contributed by atoms with Crippen molar-refractivity contribution in [3.63, 3.8) is 0 Å². The average Bonchev–Trinajstić information content (AvgIpc) is 3.51. The first-order valence-electron chi connectivity index (χ1n) is 11.5. The van der Waals surface area contributed by atoms with Crippen molar-refractivity contribution in [1.82, 2.24) is 39.9 Å². The van der Waals surface area contributed by atoms with E-state index in [0.29, 0.717) is 23.6 Å². The molecule has 0 radical (unpaired) electrons. The lowest BCUT2D eigenvalue weighted by Gasteiger charge is -2.12. The number of nitrogens with one attached hydrogen (secondary N) is 1. The van der Waals surface area contributed by atoms with Gasteiger partial charge in [-0.05, 0) is 65.7 Å². The summed E-state index contributed by atoms with van der Waals surface area (Å²) in [5, 5.41) is 15.2. The summed E-state index contributed by atoms with van der Waals surface area (Å²) in [5.41, 5.74) is 6.57. The van der Waals surface area contributed by atoms with Gasteiger partial charge in [0.05, 0.1) is 23.6 Å². The highest BCUT2D eigenvalue weighted by Gasteiger charge is 2.17. The number of aromatic nitrogens is 7. The van der Waals surface area contributed by atoms with E-state index in [1.54, 1.807) is 10.7 Å². The summed E-state index contributed by atoms with van der Waals surface area (Å²) in [6.07, 6.45) is 5.68. The molecule has 0 aliphatic carbocycles. The molecule has 1 aromatic carbocycles. The van der Waals surface area contributed by atoms with Crippen LogP contribution < -0.4 is 5.32 Å². The molecule has 0 aliphatic rings. The van der Waals surface area contributed by atoms with Gasteiger partial charge >= 0.3 is 0 Å². The summed E-state index contributed by atoms with van der Waals surface area (Å²) < 4.78 is 3.63. The first-order chi connectivity index (χ1) is 16.9. The van der Waals surface area contributed by atoms with Crippen molar-refractivity contribution in [2.24, 2.45) is 0 Å². The Labute approximate surface area is 202 Å². The second kappa shape index (κ2) is 9.09. The fourth-order valence-electron chi connectivity index (χ4n) is 3.95. The monoisotopic (exact) mass is 466 g/mol. The predicted molar refractivity (Wildman–Crippen MR) is 132 cm³/mol. The summed E-state index contributed by atoms with van der Waals surface area (Å²) in [6.45, 7) is 8.37. The van der Waals surface area contributed by atoms with E-state index < -0.39 is 0 Å². The van der Waals surface area contributed by atoms with Crippen LogP contribution in [0.25, 0.3) is 22.6 Å². The first kappa shape index (κ1) is 22.4. The van der Waals surface area contributed by atoms with Gasteiger partial charge in [0.1, 0.15) is 5.65 Å². The number of imidazole rings is 1. The van der Waals surface area contributed by atoms with Crippen LogP contribution in [0.15, 0.2) is 61.1 Å². The molecule has 176 valence electrons. The van der Waals surface area contributed by atoms with Crippen LogP contribution in [0.4, 0.5) is 0 Å². The van der Waals surface area contributed by atoms with Gasteiger partial charge in [0.15, 0.2) is 5.82 Å². The minimum Gasteiger partial charge on any atom is -0.346 e. The van der Waals surface area contributed by atoms with Crippen molar-refractivity contribution in [3.8, 4) is 16.9 Å². The van der Waals surface area contributed by atoms with Crippen molar-refractivity contribution in [2.75, 3.05) is 0 Å². The first-order valence-corrected chi connectivity index (χ1v) is 11.5. The van der Waals surface area contributed by atoms with Crippen LogP contribution >= 0.6 is 0 Å². The van der Waals surface area contributed by atoms with Gasteiger partial charge in [0.25, 0.3) is 5.91 Å². The molecule has 9 heteroatoms. The number of benzene rings is 1. The zero-order valence-electron chi connectivity index (χ0n) is 20.1. The molecule has 0 saturated heterocycles. The number of nitrogens with zero attached hydrogens (tertiary/aromatic N) is 7. The second-order valence-electron chi connectivity index (χ2n) is 8.93. The van der Waals surface area contributed by atoms with Crippen molar-refractivity contribution >= 4 is 11.6 Å². The van der Waals surface area contributed by atoms with Crippen LogP contribution in [0, 0.1) is 13.8 Å². The zero-order chi connectivity index (χ0) is 24.5. The third-order valence-corrected chi connectivity index (χ3v) is 5.80. The summed E-state index contributed by atoms with van der Waals surface area (Å²) in [6, 6.07) is 13.5. The zero-order valence-corrected chi connectivity index (χ0v) is 20.1. The molecule has 0 bridgehead atoms. The summed E-state index contributed by atoms with van der Waals surface area (Å²) in [7, 11) is 0. The topological polar surface area (TPSA) is 103 Å². The van der Waals surface area contributed by atoms with Crippen LogP contribution in [0.1, 0.15) is 52.8 Å². The number of tetrazole rings is 1. The number of carbonyl (C=O) groups excluding carboxylic acids is 1. The SMILES string of the molecule is Cc1ccc(-c2cc(C(=O)NCc3cn4cccc(C)c4n3)cc(-n3nnnc3C(C)C)c2)nc1. The molecule has 0 fully saturated rings. The molecule has 0 spiro atoms. The number of carbonyl (C=O) groups is 1. The number of hydrogen-bond acceptors (Lipinski definition) is 6. The number of fused-ring (bicyclic) bond motifs is 1. The molecule has 0 atom stereocenters. The second-order valence-corrected chi connectivity index (χ2v) is 8.93. The van der Waals surface area contributed by atoms with Crippen LogP contribution in [-0.4, -0.2) is 40.5 Å². The Bertz CT molecular complexity index is 1510. The predicted octanol–water partition coefficient (Wildman–Crippen LogP) is 4.04. The molecule has 0 unspecified atom stereocenters. The van der Waals surface area contributed by atoms with Gasteiger partial charge in [0.2, 0.25) is 0 Å². The maximum Gasteiger partial charge on any atom is 0.251 e. The summed E-state index contributed by atoms with van der Waals surface area (Å²) in [4.78, 5) is 22.4. The largest absolute Gasteiger partial charge is 0.346 e. The van der Waals surface area contributed by atoms with Crippen LogP contribution in [-0.2, 0) is 6.54 Å². The van der Waals surface area contributed by atoms with E-state index in [9.17, 15) is 4.79 Å². The molecule has 0 aliphatic heterocycles. The van der Waals surface area contributed by atoms with Crippen molar-refractivity contribution in [3.05, 3.63) is 89.3 Å². The average molecular weight is 467 g/mol. The summed E-state index contributed by atoms with van der Waals surface area (Å²) in [5.74, 6) is 0.612. The molecule has 1 N–H and O–H groups in total. The Morgan fingerprint density at radius 2 is 1.97 bits per heavy atom. The minimum atomic E-state index is -0.215. The smallest absolute Gasteiger partial charge is 0.251 e. The number of amides is 1. The lowest BCUT2D eigenvalue weighted by atomic mass is 10.0. The highest BCUT2D eigenvalue weighted by atomic mass is 16.1. The van der Waals surface area contributed by atoms with E-state index in [1.807, 2.05) is 87.1 Å². The Balaban J connectivity index is 1.49. The number of pyridine rings is 2.